The highest BCUT2D eigenvalue weighted by atomic mass is 28.2. The standard InChI is InChI=1S/C30H34NO5Si/c1-28(2,3)29(4,27(32)33-6)30(5,36-37)21-15-17-22(18-16-21)34-20-19-31-23-11-7-9-13-25(23)35-26-14-10-8-12-24(26)31/h7-18H,19-20H2,1-6H3/t29?,30-/m0/s1. The number of anilines is 2. The van der Waals surface area contributed by atoms with Crippen molar-refractivity contribution in [1.82, 2.24) is 0 Å². The highest BCUT2D eigenvalue weighted by Crippen LogP contribution is 2.54. The fourth-order valence-electron chi connectivity index (χ4n) is 5.02. The van der Waals surface area contributed by atoms with Crippen LogP contribution in [-0.4, -0.2) is 36.7 Å². The monoisotopic (exact) mass is 516 g/mol. The average Bonchev–Trinajstić information content (AvgIpc) is 2.90. The van der Waals surface area contributed by atoms with Crippen molar-refractivity contribution >= 4 is 27.8 Å². The van der Waals surface area contributed by atoms with Crippen LogP contribution in [0.3, 0.4) is 0 Å². The summed E-state index contributed by atoms with van der Waals surface area (Å²) in [6.45, 7) is 10.9. The van der Waals surface area contributed by atoms with Crippen LogP contribution in [0.25, 0.3) is 0 Å². The largest absolute Gasteiger partial charge is 0.492 e. The van der Waals surface area contributed by atoms with Crippen LogP contribution in [0.5, 0.6) is 17.2 Å². The molecule has 3 radical (unpaired) electrons. The third-order valence-electron chi connectivity index (χ3n) is 7.77. The first-order chi connectivity index (χ1) is 17.6. The molecule has 0 bridgehead atoms. The van der Waals surface area contributed by atoms with Gasteiger partial charge >= 0.3 is 5.97 Å². The SMILES string of the molecule is COC(=O)C(C)(C(C)(C)C)[C@@](C)(O[Si])c1ccc(OCCN2c3ccccc3Oc3ccccc32)cc1. The molecule has 0 fully saturated rings. The summed E-state index contributed by atoms with van der Waals surface area (Å²) in [4.78, 5) is 15.2. The van der Waals surface area contributed by atoms with E-state index in [2.05, 4.69) is 27.5 Å². The number of nitrogens with zero attached hydrogens (tertiary/aromatic N) is 1. The molecular formula is C30H34NO5Si. The molecule has 0 saturated heterocycles. The van der Waals surface area contributed by atoms with Gasteiger partial charge in [-0.05, 0) is 61.2 Å². The lowest BCUT2D eigenvalue weighted by molar-refractivity contribution is -0.182. The van der Waals surface area contributed by atoms with Gasteiger partial charge in [-0.3, -0.25) is 4.79 Å². The highest BCUT2D eigenvalue weighted by molar-refractivity contribution is 5.98. The van der Waals surface area contributed by atoms with Gasteiger partial charge in [0.25, 0.3) is 0 Å². The first-order valence-corrected chi connectivity index (χ1v) is 12.8. The topological polar surface area (TPSA) is 57.2 Å². The van der Waals surface area contributed by atoms with Crippen molar-refractivity contribution in [2.75, 3.05) is 25.2 Å². The molecule has 1 unspecified atom stereocenters. The van der Waals surface area contributed by atoms with E-state index in [1.54, 1.807) is 0 Å². The van der Waals surface area contributed by atoms with Crippen LogP contribution in [0.4, 0.5) is 11.4 Å². The molecule has 0 saturated carbocycles. The second-order valence-electron chi connectivity index (χ2n) is 10.6. The number of carbonyl (C=O) groups is 1. The molecule has 0 amide bonds. The number of benzene rings is 3. The Hall–Kier alpha value is -3.29. The number of esters is 1. The summed E-state index contributed by atoms with van der Waals surface area (Å²) < 4.78 is 23.3. The molecule has 37 heavy (non-hydrogen) atoms. The predicted octanol–water partition coefficient (Wildman–Crippen LogP) is 6.55. The lowest BCUT2D eigenvalue weighted by Gasteiger charge is -2.51. The van der Waals surface area contributed by atoms with Gasteiger partial charge in [-0.2, -0.15) is 0 Å². The minimum absolute atomic E-state index is 0.341. The molecule has 0 aliphatic carbocycles. The summed E-state index contributed by atoms with van der Waals surface area (Å²) in [5.74, 6) is 2.04. The van der Waals surface area contributed by atoms with Crippen molar-refractivity contribution in [2.24, 2.45) is 10.8 Å². The lowest BCUT2D eigenvalue weighted by atomic mass is 9.57. The summed E-state index contributed by atoms with van der Waals surface area (Å²) in [6.07, 6.45) is 0. The molecule has 3 aromatic rings. The normalized spacial score (nSPS) is 15.9. The van der Waals surface area contributed by atoms with Crippen LogP contribution in [-0.2, 0) is 19.6 Å². The molecule has 2 atom stereocenters. The first-order valence-electron chi connectivity index (χ1n) is 12.4. The Bertz CT molecular complexity index is 1210. The van der Waals surface area contributed by atoms with E-state index in [0.29, 0.717) is 13.2 Å². The first kappa shape index (κ1) is 26.8. The van der Waals surface area contributed by atoms with E-state index in [9.17, 15) is 4.79 Å². The quantitative estimate of drug-likeness (QED) is 0.250. The third-order valence-corrected chi connectivity index (χ3v) is 8.18. The number of carbonyl (C=O) groups excluding carboxylic acids is 1. The van der Waals surface area contributed by atoms with Gasteiger partial charge in [0, 0.05) is 0 Å². The number of ether oxygens (including phenoxy) is 3. The van der Waals surface area contributed by atoms with E-state index < -0.39 is 16.4 Å². The van der Waals surface area contributed by atoms with Gasteiger partial charge in [-0.15, -0.1) is 0 Å². The Labute approximate surface area is 223 Å². The summed E-state index contributed by atoms with van der Waals surface area (Å²) in [5.41, 5.74) is 0.393. The molecule has 1 aliphatic heterocycles. The van der Waals surface area contributed by atoms with E-state index in [1.807, 2.05) is 95.3 Å². The van der Waals surface area contributed by atoms with Gasteiger partial charge in [0.2, 0.25) is 10.5 Å². The molecule has 0 aromatic heterocycles. The van der Waals surface area contributed by atoms with E-state index >= 15 is 0 Å². The third kappa shape index (κ3) is 4.62. The second-order valence-corrected chi connectivity index (χ2v) is 10.8. The predicted molar refractivity (Wildman–Crippen MR) is 146 cm³/mol. The molecule has 6 nitrogen and oxygen atoms in total. The van der Waals surface area contributed by atoms with Crippen molar-refractivity contribution in [3.05, 3.63) is 78.4 Å². The summed E-state index contributed by atoms with van der Waals surface area (Å²) in [6, 6.07) is 23.7. The number of hydrogen-bond acceptors (Lipinski definition) is 6. The van der Waals surface area contributed by atoms with Gasteiger partial charge in [0.05, 0.1) is 30.6 Å². The lowest BCUT2D eigenvalue weighted by Crippen LogP contribution is -2.56. The molecular weight excluding hydrogens is 482 g/mol. The van der Waals surface area contributed by atoms with Gasteiger partial charge in [0.15, 0.2) is 11.5 Å². The molecule has 1 heterocycles. The Kier molecular flexibility index (Phi) is 7.40. The molecule has 0 N–H and O–H groups in total. The van der Waals surface area contributed by atoms with E-state index in [0.717, 1.165) is 34.2 Å². The van der Waals surface area contributed by atoms with Crippen molar-refractivity contribution in [3.63, 3.8) is 0 Å². The van der Waals surface area contributed by atoms with Crippen LogP contribution in [0.1, 0.15) is 40.2 Å². The van der Waals surface area contributed by atoms with Crippen molar-refractivity contribution in [2.45, 2.75) is 40.2 Å². The zero-order valence-electron chi connectivity index (χ0n) is 22.3. The number of fused-ring (bicyclic) bond motifs is 2. The van der Waals surface area contributed by atoms with Gasteiger partial charge < -0.3 is 23.5 Å². The van der Waals surface area contributed by atoms with Crippen molar-refractivity contribution in [1.29, 1.82) is 0 Å². The highest BCUT2D eigenvalue weighted by Gasteiger charge is 2.59. The Morgan fingerprint density at radius 2 is 1.41 bits per heavy atom. The van der Waals surface area contributed by atoms with E-state index in [-0.39, 0.29) is 5.97 Å². The minimum atomic E-state index is -1.00. The van der Waals surface area contributed by atoms with Gasteiger partial charge in [-0.1, -0.05) is 57.2 Å². The second kappa shape index (κ2) is 10.2. The van der Waals surface area contributed by atoms with Crippen LogP contribution < -0.4 is 14.4 Å². The van der Waals surface area contributed by atoms with Crippen molar-refractivity contribution < 1.29 is 23.4 Å². The van der Waals surface area contributed by atoms with Crippen LogP contribution in [0.15, 0.2) is 72.8 Å². The Balaban J connectivity index is 1.52. The van der Waals surface area contributed by atoms with Crippen LogP contribution in [0, 0.1) is 10.8 Å². The minimum Gasteiger partial charge on any atom is -0.492 e. The average molecular weight is 517 g/mol. The zero-order valence-corrected chi connectivity index (χ0v) is 23.3. The summed E-state index contributed by atoms with van der Waals surface area (Å²) in [7, 11) is 4.67. The van der Waals surface area contributed by atoms with Crippen LogP contribution >= 0.6 is 0 Å². The number of para-hydroxylation sites is 4. The maximum absolute atomic E-state index is 13.0. The number of hydrogen-bond donors (Lipinski definition) is 0. The van der Waals surface area contributed by atoms with Gasteiger partial charge in [-0.25, -0.2) is 0 Å². The maximum Gasteiger partial charge on any atom is 0.315 e. The molecule has 7 heteroatoms. The van der Waals surface area contributed by atoms with E-state index in [1.165, 1.54) is 7.11 Å². The molecule has 1 aliphatic rings. The zero-order chi connectivity index (χ0) is 26.8. The fourth-order valence-corrected chi connectivity index (χ4v) is 5.34. The maximum atomic E-state index is 13.0. The number of methoxy groups -OCH3 is 1. The molecule has 193 valence electrons. The Morgan fingerprint density at radius 1 is 0.865 bits per heavy atom. The molecule has 0 spiro atoms. The fraction of sp³-hybridized carbons (Fsp3) is 0.367. The smallest absolute Gasteiger partial charge is 0.315 e. The number of rotatable bonds is 8. The van der Waals surface area contributed by atoms with Crippen LogP contribution in [0.2, 0.25) is 0 Å². The molecule has 3 aromatic carbocycles. The summed E-state index contributed by atoms with van der Waals surface area (Å²) in [5, 5.41) is 0. The Morgan fingerprint density at radius 3 is 1.89 bits per heavy atom. The van der Waals surface area contributed by atoms with E-state index in [4.69, 9.17) is 18.6 Å². The summed E-state index contributed by atoms with van der Waals surface area (Å²) >= 11 is 0. The van der Waals surface area contributed by atoms with Crippen molar-refractivity contribution in [3.8, 4) is 17.2 Å². The molecule has 4 rings (SSSR count). The van der Waals surface area contributed by atoms with Gasteiger partial charge in [0.1, 0.15) is 17.8 Å².